The van der Waals surface area contributed by atoms with E-state index in [1.165, 1.54) is 54.6 Å². The van der Waals surface area contributed by atoms with E-state index in [1.54, 1.807) is 8.52 Å². The van der Waals surface area contributed by atoms with Gasteiger partial charge in [-0.25, -0.2) is 0 Å². The Bertz CT molecular complexity index is 1220. The molecule has 4 aromatic carbocycles. The van der Waals surface area contributed by atoms with Crippen LogP contribution in [0.2, 0.25) is 0 Å². The number of hydrogen-bond acceptors (Lipinski definition) is 0. The van der Waals surface area contributed by atoms with E-state index in [9.17, 15) is 0 Å². The molecule has 0 saturated heterocycles. The van der Waals surface area contributed by atoms with Gasteiger partial charge in [0.1, 0.15) is 0 Å². The van der Waals surface area contributed by atoms with E-state index in [0.717, 1.165) is 0 Å². The zero-order valence-electron chi connectivity index (χ0n) is 15.0. The van der Waals surface area contributed by atoms with Crippen molar-refractivity contribution in [2.24, 2.45) is 0 Å². The fraction of sp³-hybridized carbons (Fsp3) is 0.167. The molecule has 0 radical (unpaired) electrons. The average Bonchev–Trinajstić information content (AvgIpc) is 3.00. The molecule has 0 aliphatic rings. The maximum atomic E-state index is 2.35. The fourth-order valence-corrected chi connectivity index (χ4v) is 6.87. The van der Waals surface area contributed by atoms with Crippen molar-refractivity contribution in [3.63, 3.8) is 0 Å². The monoisotopic (exact) mass is 388 g/mol. The summed E-state index contributed by atoms with van der Waals surface area (Å²) in [5.74, 6) is 0. The maximum absolute atomic E-state index is 2.35. The Balaban J connectivity index is 2.01. The molecule has 1 aromatic heterocycles. The van der Waals surface area contributed by atoms with Crippen LogP contribution >= 0.6 is 0 Å². The second kappa shape index (κ2) is 5.21. The van der Waals surface area contributed by atoms with Crippen LogP contribution < -0.4 is 0 Å². The van der Waals surface area contributed by atoms with Crippen molar-refractivity contribution in [2.45, 2.75) is 27.7 Å². The summed E-state index contributed by atoms with van der Waals surface area (Å²) < 4.78 is 3.13. The number of aryl methyl sites for hydroxylation is 4. The van der Waals surface area contributed by atoms with Gasteiger partial charge >= 0.3 is 154 Å². The first kappa shape index (κ1) is 15.2. The number of benzene rings is 4. The van der Waals surface area contributed by atoms with Crippen LogP contribution in [-0.4, -0.2) is 14.5 Å². The minimum atomic E-state index is 0.368. The van der Waals surface area contributed by atoms with Crippen LogP contribution in [0.1, 0.15) is 22.3 Å². The van der Waals surface area contributed by atoms with Gasteiger partial charge in [0.25, 0.3) is 0 Å². The molecule has 0 saturated carbocycles. The summed E-state index contributed by atoms with van der Waals surface area (Å²) in [5.41, 5.74) is 5.60. The van der Waals surface area contributed by atoms with Gasteiger partial charge < -0.3 is 0 Å². The van der Waals surface area contributed by atoms with Crippen LogP contribution in [0.15, 0.2) is 48.5 Å². The summed E-state index contributed by atoms with van der Waals surface area (Å²) in [6.07, 6.45) is 0. The number of hydrogen-bond donors (Lipinski definition) is 0. The SMILES string of the molecule is Cc1ccc2c(ccc3c4ccc5c(C)c(C)ccc5c4[se]c23)c1C. The first-order chi connectivity index (χ1) is 12.1. The summed E-state index contributed by atoms with van der Waals surface area (Å²) >= 11 is 0.368. The average molecular weight is 387 g/mol. The van der Waals surface area contributed by atoms with Gasteiger partial charge in [0.15, 0.2) is 0 Å². The van der Waals surface area contributed by atoms with Gasteiger partial charge in [-0.2, -0.15) is 0 Å². The third-order valence-corrected chi connectivity index (χ3v) is 8.58. The molecule has 0 amide bonds. The van der Waals surface area contributed by atoms with Gasteiger partial charge in [-0.05, 0) is 0 Å². The van der Waals surface area contributed by atoms with Crippen LogP contribution in [0.4, 0.5) is 0 Å². The molecule has 0 N–H and O–H groups in total. The third kappa shape index (κ3) is 2.00. The van der Waals surface area contributed by atoms with Crippen LogP contribution in [0, 0.1) is 27.7 Å². The predicted molar refractivity (Wildman–Crippen MR) is 112 cm³/mol. The molecule has 25 heavy (non-hydrogen) atoms. The molecule has 0 aliphatic carbocycles. The summed E-state index contributed by atoms with van der Waals surface area (Å²) in [6, 6.07) is 18.6. The first-order valence-corrected chi connectivity index (χ1v) is 10.5. The van der Waals surface area contributed by atoms with Crippen molar-refractivity contribution >= 4 is 55.3 Å². The minimum absolute atomic E-state index is 0.368. The molecule has 5 aromatic rings. The summed E-state index contributed by atoms with van der Waals surface area (Å²) in [4.78, 5) is 0. The Morgan fingerprint density at radius 3 is 1.20 bits per heavy atom. The Hall–Kier alpha value is -2.08. The van der Waals surface area contributed by atoms with Crippen molar-refractivity contribution in [2.75, 3.05) is 0 Å². The van der Waals surface area contributed by atoms with Gasteiger partial charge in [-0.15, -0.1) is 0 Å². The second-order valence-electron chi connectivity index (χ2n) is 7.19. The van der Waals surface area contributed by atoms with Gasteiger partial charge in [-0.3, -0.25) is 0 Å². The molecule has 0 spiro atoms. The van der Waals surface area contributed by atoms with E-state index in [0.29, 0.717) is 14.5 Å². The van der Waals surface area contributed by atoms with E-state index in [-0.39, 0.29) is 0 Å². The van der Waals surface area contributed by atoms with E-state index in [1.807, 2.05) is 0 Å². The van der Waals surface area contributed by atoms with E-state index < -0.39 is 0 Å². The summed E-state index contributed by atoms with van der Waals surface area (Å²) in [5, 5.41) is 8.65. The molecule has 1 heterocycles. The molecule has 1 heteroatoms. The van der Waals surface area contributed by atoms with Crippen LogP contribution in [0.3, 0.4) is 0 Å². The van der Waals surface area contributed by atoms with Crippen molar-refractivity contribution in [3.8, 4) is 0 Å². The third-order valence-electron chi connectivity index (χ3n) is 5.88. The van der Waals surface area contributed by atoms with Gasteiger partial charge in [0, 0.05) is 0 Å². The molecular weight excluding hydrogens is 367 g/mol. The second-order valence-corrected chi connectivity index (χ2v) is 9.33. The Labute approximate surface area is 153 Å². The zero-order chi connectivity index (χ0) is 17.3. The molecule has 0 nitrogen and oxygen atoms in total. The number of rotatable bonds is 0. The Kier molecular flexibility index (Phi) is 3.17. The molecule has 5 rings (SSSR count). The van der Waals surface area contributed by atoms with Gasteiger partial charge in [-0.1, -0.05) is 0 Å². The van der Waals surface area contributed by atoms with Crippen LogP contribution in [0.25, 0.3) is 40.8 Å². The van der Waals surface area contributed by atoms with Crippen molar-refractivity contribution < 1.29 is 0 Å². The Morgan fingerprint density at radius 2 is 0.760 bits per heavy atom. The molecular formula is C24H20Se. The summed E-state index contributed by atoms with van der Waals surface area (Å²) in [7, 11) is 0. The standard InChI is InChI=1S/C24H20Se/c1-13-5-7-19-17(15(13)3)9-11-21-22-12-10-18-16(4)14(2)6-8-20(18)24(22)25-23(19)21/h5-12H,1-4H3. The first-order valence-electron chi connectivity index (χ1n) is 8.80. The topological polar surface area (TPSA) is 0 Å². The van der Waals surface area contributed by atoms with Crippen molar-refractivity contribution in [3.05, 3.63) is 70.8 Å². The molecule has 0 aliphatic heterocycles. The quantitative estimate of drug-likeness (QED) is 0.263. The molecule has 0 fully saturated rings. The normalized spacial score (nSPS) is 12.0. The van der Waals surface area contributed by atoms with E-state index >= 15 is 0 Å². The molecule has 0 unspecified atom stereocenters. The van der Waals surface area contributed by atoms with Crippen LogP contribution in [0.5, 0.6) is 0 Å². The molecule has 0 atom stereocenters. The molecule has 122 valence electrons. The fourth-order valence-electron chi connectivity index (χ4n) is 4.02. The van der Waals surface area contributed by atoms with E-state index in [2.05, 4.69) is 76.2 Å². The summed E-state index contributed by atoms with van der Waals surface area (Å²) in [6.45, 7) is 8.92. The zero-order valence-corrected chi connectivity index (χ0v) is 16.7. The van der Waals surface area contributed by atoms with Crippen molar-refractivity contribution in [1.82, 2.24) is 0 Å². The molecule has 0 bridgehead atoms. The van der Waals surface area contributed by atoms with Crippen LogP contribution in [-0.2, 0) is 0 Å². The Morgan fingerprint density at radius 1 is 0.440 bits per heavy atom. The van der Waals surface area contributed by atoms with E-state index in [4.69, 9.17) is 0 Å². The predicted octanol–water partition coefficient (Wildman–Crippen LogP) is 6.59. The number of fused-ring (bicyclic) bond motifs is 7. The van der Waals surface area contributed by atoms with Gasteiger partial charge in [0.05, 0.1) is 0 Å². The van der Waals surface area contributed by atoms with Gasteiger partial charge in [0.2, 0.25) is 0 Å². The van der Waals surface area contributed by atoms with Crippen molar-refractivity contribution in [1.29, 1.82) is 0 Å².